The number of benzene rings is 2. The van der Waals surface area contributed by atoms with E-state index in [9.17, 15) is 0 Å². The van der Waals surface area contributed by atoms with Gasteiger partial charge in [0.1, 0.15) is 12.5 Å². The van der Waals surface area contributed by atoms with Crippen LogP contribution in [0.2, 0.25) is 0 Å². The number of aryl methyl sites for hydroxylation is 1. The SMILES string of the molecule is Cc1ccccc1CN1COc2ccccc2C1. The molecule has 2 aromatic rings. The van der Waals surface area contributed by atoms with E-state index in [0.717, 1.165) is 18.8 Å². The summed E-state index contributed by atoms with van der Waals surface area (Å²) in [4.78, 5) is 2.32. The molecule has 18 heavy (non-hydrogen) atoms. The largest absolute Gasteiger partial charge is 0.478 e. The lowest BCUT2D eigenvalue weighted by atomic mass is 10.1. The Morgan fingerprint density at radius 2 is 1.83 bits per heavy atom. The van der Waals surface area contributed by atoms with Gasteiger partial charge in [-0.3, -0.25) is 4.90 Å². The summed E-state index contributed by atoms with van der Waals surface area (Å²) < 4.78 is 5.77. The molecule has 0 fully saturated rings. The lowest BCUT2D eigenvalue weighted by Crippen LogP contribution is -2.31. The van der Waals surface area contributed by atoms with E-state index in [1.807, 2.05) is 12.1 Å². The average molecular weight is 239 g/mol. The topological polar surface area (TPSA) is 12.5 Å². The van der Waals surface area contributed by atoms with E-state index in [0.29, 0.717) is 6.73 Å². The van der Waals surface area contributed by atoms with Crippen LogP contribution in [0.4, 0.5) is 0 Å². The molecule has 92 valence electrons. The van der Waals surface area contributed by atoms with Crippen LogP contribution in [-0.4, -0.2) is 11.6 Å². The third kappa shape index (κ3) is 2.24. The summed E-state index contributed by atoms with van der Waals surface area (Å²) in [6, 6.07) is 16.8. The maximum absolute atomic E-state index is 5.77. The second-order valence-electron chi connectivity index (χ2n) is 4.79. The maximum atomic E-state index is 5.77. The quantitative estimate of drug-likeness (QED) is 0.797. The van der Waals surface area contributed by atoms with Crippen LogP contribution in [0.3, 0.4) is 0 Å². The Labute approximate surface area is 108 Å². The fraction of sp³-hybridized carbons (Fsp3) is 0.250. The molecular weight excluding hydrogens is 222 g/mol. The van der Waals surface area contributed by atoms with E-state index in [1.54, 1.807) is 0 Å². The minimum atomic E-state index is 0.672. The van der Waals surface area contributed by atoms with Crippen molar-refractivity contribution in [1.82, 2.24) is 4.90 Å². The van der Waals surface area contributed by atoms with Crippen LogP contribution >= 0.6 is 0 Å². The maximum Gasteiger partial charge on any atom is 0.142 e. The Morgan fingerprint density at radius 1 is 1.06 bits per heavy atom. The van der Waals surface area contributed by atoms with Gasteiger partial charge in [-0.1, -0.05) is 42.5 Å². The van der Waals surface area contributed by atoms with Gasteiger partial charge in [0, 0.05) is 18.7 Å². The van der Waals surface area contributed by atoms with Crippen molar-refractivity contribution < 1.29 is 4.74 Å². The van der Waals surface area contributed by atoms with E-state index in [-0.39, 0.29) is 0 Å². The van der Waals surface area contributed by atoms with Crippen molar-refractivity contribution in [1.29, 1.82) is 0 Å². The first-order valence-electron chi connectivity index (χ1n) is 6.30. The van der Waals surface area contributed by atoms with E-state index in [4.69, 9.17) is 4.74 Å². The zero-order valence-corrected chi connectivity index (χ0v) is 10.6. The van der Waals surface area contributed by atoms with Crippen molar-refractivity contribution in [3.63, 3.8) is 0 Å². The van der Waals surface area contributed by atoms with Gasteiger partial charge in [-0.15, -0.1) is 0 Å². The van der Waals surface area contributed by atoms with Gasteiger partial charge >= 0.3 is 0 Å². The van der Waals surface area contributed by atoms with Crippen LogP contribution in [0, 0.1) is 6.92 Å². The molecule has 0 unspecified atom stereocenters. The smallest absolute Gasteiger partial charge is 0.142 e. The summed E-state index contributed by atoms with van der Waals surface area (Å²) in [5.41, 5.74) is 3.99. The predicted molar refractivity (Wildman–Crippen MR) is 72.4 cm³/mol. The molecule has 0 spiro atoms. The molecule has 3 rings (SSSR count). The summed E-state index contributed by atoms with van der Waals surface area (Å²) in [6.07, 6.45) is 0. The summed E-state index contributed by atoms with van der Waals surface area (Å²) in [5.74, 6) is 1.03. The van der Waals surface area contributed by atoms with Crippen molar-refractivity contribution in [2.75, 3.05) is 6.73 Å². The van der Waals surface area contributed by atoms with Crippen LogP contribution < -0.4 is 4.74 Å². The molecule has 0 aliphatic carbocycles. The lowest BCUT2D eigenvalue weighted by molar-refractivity contribution is 0.0886. The fourth-order valence-corrected chi connectivity index (χ4v) is 2.35. The molecule has 0 aromatic heterocycles. The molecule has 0 bridgehead atoms. The number of para-hydroxylation sites is 1. The highest BCUT2D eigenvalue weighted by atomic mass is 16.5. The molecule has 1 heterocycles. The first-order chi connectivity index (χ1) is 8.83. The Morgan fingerprint density at radius 3 is 2.72 bits per heavy atom. The third-order valence-electron chi connectivity index (χ3n) is 3.42. The fourth-order valence-electron chi connectivity index (χ4n) is 2.35. The molecule has 0 saturated carbocycles. The van der Waals surface area contributed by atoms with Crippen LogP contribution in [-0.2, 0) is 13.1 Å². The average Bonchev–Trinajstić information content (AvgIpc) is 2.41. The van der Waals surface area contributed by atoms with E-state index in [2.05, 4.69) is 48.2 Å². The minimum absolute atomic E-state index is 0.672. The molecule has 1 aliphatic rings. The Kier molecular flexibility index (Phi) is 3.03. The Hall–Kier alpha value is -1.80. The van der Waals surface area contributed by atoms with Gasteiger partial charge in [-0.05, 0) is 24.1 Å². The predicted octanol–water partition coefficient (Wildman–Crippen LogP) is 3.35. The second-order valence-corrected chi connectivity index (χ2v) is 4.79. The molecule has 2 heteroatoms. The standard InChI is InChI=1S/C16H17NO/c1-13-6-2-3-7-14(13)10-17-11-15-8-4-5-9-16(15)18-12-17/h2-9H,10-12H2,1H3. The zero-order valence-electron chi connectivity index (χ0n) is 10.6. The lowest BCUT2D eigenvalue weighted by Gasteiger charge is -2.29. The summed E-state index contributed by atoms with van der Waals surface area (Å²) in [6.45, 7) is 4.74. The van der Waals surface area contributed by atoms with Crippen molar-refractivity contribution >= 4 is 0 Å². The van der Waals surface area contributed by atoms with Gasteiger partial charge < -0.3 is 4.74 Å². The number of nitrogens with zero attached hydrogens (tertiary/aromatic N) is 1. The van der Waals surface area contributed by atoms with Crippen LogP contribution in [0.1, 0.15) is 16.7 Å². The number of ether oxygens (including phenoxy) is 1. The van der Waals surface area contributed by atoms with Crippen LogP contribution in [0.25, 0.3) is 0 Å². The highest BCUT2D eigenvalue weighted by molar-refractivity contribution is 5.34. The van der Waals surface area contributed by atoms with Gasteiger partial charge in [0.15, 0.2) is 0 Å². The van der Waals surface area contributed by atoms with E-state index >= 15 is 0 Å². The molecule has 0 atom stereocenters. The van der Waals surface area contributed by atoms with Crippen molar-refractivity contribution in [3.05, 3.63) is 65.2 Å². The summed E-state index contributed by atoms with van der Waals surface area (Å²) in [7, 11) is 0. The van der Waals surface area contributed by atoms with Crippen LogP contribution in [0.5, 0.6) is 5.75 Å². The van der Waals surface area contributed by atoms with Gasteiger partial charge in [-0.2, -0.15) is 0 Å². The third-order valence-corrected chi connectivity index (χ3v) is 3.42. The highest BCUT2D eigenvalue weighted by Crippen LogP contribution is 2.25. The normalized spacial score (nSPS) is 14.9. The van der Waals surface area contributed by atoms with Crippen molar-refractivity contribution in [2.45, 2.75) is 20.0 Å². The monoisotopic (exact) mass is 239 g/mol. The number of rotatable bonds is 2. The van der Waals surface area contributed by atoms with E-state index in [1.165, 1.54) is 16.7 Å². The number of hydrogen-bond donors (Lipinski definition) is 0. The molecule has 2 nitrogen and oxygen atoms in total. The molecular formula is C16H17NO. The van der Waals surface area contributed by atoms with E-state index < -0.39 is 0 Å². The molecule has 0 saturated heterocycles. The van der Waals surface area contributed by atoms with Gasteiger partial charge in [0.2, 0.25) is 0 Å². The summed E-state index contributed by atoms with van der Waals surface area (Å²) in [5, 5.41) is 0. The first-order valence-corrected chi connectivity index (χ1v) is 6.30. The van der Waals surface area contributed by atoms with Crippen molar-refractivity contribution in [3.8, 4) is 5.75 Å². The molecule has 0 N–H and O–H groups in total. The second kappa shape index (κ2) is 4.83. The molecule has 1 aliphatic heterocycles. The highest BCUT2D eigenvalue weighted by Gasteiger charge is 2.16. The zero-order chi connectivity index (χ0) is 12.4. The summed E-state index contributed by atoms with van der Waals surface area (Å²) >= 11 is 0. The minimum Gasteiger partial charge on any atom is -0.478 e. The van der Waals surface area contributed by atoms with Gasteiger partial charge in [0.05, 0.1) is 0 Å². The number of hydrogen-bond acceptors (Lipinski definition) is 2. The Bertz CT molecular complexity index is 550. The molecule has 2 aromatic carbocycles. The van der Waals surface area contributed by atoms with Gasteiger partial charge in [-0.25, -0.2) is 0 Å². The van der Waals surface area contributed by atoms with Crippen molar-refractivity contribution in [2.24, 2.45) is 0 Å². The Balaban J connectivity index is 1.75. The number of fused-ring (bicyclic) bond motifs is 1. The molecule has 0 radical (unpaired) electrons. The van der Waals surface area contributed by atoms with Gasteiger partial charge in [0.25, 0.3) is 0 Å². The first kappa shape index (κ1) is 11.3. The molecule has 0 amide bonds. The van der Waals surface area contributed by atoms with Crippen LogP contribution in [0.15, 0.2) is 48.5 Å².